The zero-order valence-electron chi connectivity index (χ0n) is 20.0. The first-order valence-electron chi connectivity index (χ1n) is 11.2. The summed E-state index contributed by atoms with van der Waals surface area (Å²) in [6.07, 6.45) is 3.27. The molecule has 0 unspecified atom stereocenters. The van der Waals surface area contributed by atoms with Crippen molar-refractivity contribution >= 4 is 27.8 Å². The van der Waals surface area contributed by atoms with Crippen molar-refractivity contribution in [3.8, 4) is 17.6 Å². The van der Waals surface area contributed by atoms with Gasteiger partial charge >= 0.3 is 10.1 Å². The quantitative estimate of drug-likeness (QED) is 0.171. The second-order valence-corrected chi connectivity index (χ2v) is 9.32. The highest BCUT2D eigenvalue weighted by Crippen LogP contribution is 2.36. The second-order valence-electron chi connectivity index (χ2n) is 7.77. The molecule has 0 aliphatic carbocycles. The number of rotatable bonds is 10. The summed E-state index contributed by atoms with van der Waals surface area (Å²) in [5.74, 6) is -0.379. The van der Waals surface area contributed by atoms with Gasteiger partial charge < -0.3 is 14.2 Å². The average molecular weight is 503 g/mol. The molecule has 1 amide bonds. The number of allylic oxidation sites excluding steroid dienone is 1. The van der Waals surface area contributed by atoms with Gasteiger partial charge in [-0.3, -0.25) is 4.79 Å². The van der Waals surface area contributed by atoms with Gasteiger partial charge in [-0.25, -0.2) is 0 Å². The predicted molar refractivity (Wildman–Crippen MR) is 139 cm³/mol. The van der Waals surface area contributed by atoms with Gasteiger partial charge in [0.05, 0.1) is 6.61 Å². The Kier molecular flexibility index (Phi) is 8.66. The molecule has 0 fully saturated rings. The maximum absolute atomic E-state index is 13.0. The van der Waals surface area contributed by atoms with Crippen LogP contribution in [0.15, 0.2) is 89.9 Å². The number of amides is 1. The maximum atomic E-state index is 13.0. The number of nitrogens with zero attached hydrogens (tertiary/aromatic N) is 1. The third-order valence-corrected chi connectivity index (χ3v) is 6.26. The largest absolute Gasteiger partial charge is 0.490 e. The number of hydrogen-bond donors (Lipinski definition) is 1. The first-order valence-corrected chi connectivity index (χ1v) is 12.6. The molecule has 0 radical (unpaired) electrons. The SMILES string of the molecule is C=CCc1cc(/C=C(\C#N)C(=O)Nc2ccccc2)cc(OCC)c1OS(=O)(=O)c1ccc(C)cc1. The van der Waals surface area contributed by atoms with Crippen LogP contribution in [0.4, 0.5) is 5.69 Å². The Morgan fingerprint density at radius 2 is 1.81 bits per heavy atom. The van der Waals surface area contributed by atoms with Crippen LogP contribution in [-0.2, 0) is 21.3 Å². The Bertz CT molecular complexity index is 1420. The van der Waals surface area contributed by atoms with Crippen LogP contribution in [-0.4, -0.2) is 20.9 Å². The molecule has 0 bridgehead atoms. The second kappa shape index (κ2) is 11.9. The van der Waals surface area contributed by atoms with Crippen molar-refractivity contribution in [3.05, 3.63) is 102 Å². The molecule has 0 atom stereocenters. The first kappa shape index (κ1) is 26.3. The minimum Gasteiger partial charge on any atom is -0.490 e. The molecule has 36 heavy (non-hydrogen) atoms. The molecule has 8 heteroatoms. The molecule has 0 aliphatic rings. The van der Waals surface area contributed by atoms with Gasteiger partial charge in [-0.15, -0.1) is 6.58 Å². The van der Waals surface area contributed by atoms with Crippen molar-refractivity contribution in [1.29, 1.82) is 5.26 Å². The van der Waals surface area contributed by atoms with Crippen LogP contribution >= 0.6 is 0 Å². The molecule has 7 nitrogen and oxygen atoms in total. The number of aryl methyl sites for hydroxylation is 1. The first-order chi connectivity index (χ1) is 17.3. The molecule has 3 rings (SSSR count). The summed E-state index contributed by atoms with van der Waals surface area (Å²) < 4.78 is 37.2. The van der Waals surface area contributed by atoms with Crippen molar-refractivity contribution in [1.82, 2.24) is 0 Å². The number of nitriles is 1. The zero-order chi connectivity index (χ0) is 26.1. The Morgan fingerprint density at radius 3 is 2.42 bits per heavy atom. The fraction of sp³-hybridized carbons (Fsp3) is 0.143. The van der Waals surface area contributed by atoms with E-state index in [0.29, 0.717) is 16.8 Å². The molecule has 0 aliphatic heterocycles. The summed E-state index contributed by atoms with van der Waals surface area (Å²) in [4.78, 5) is 12.7. The van der Waals surface area contributed by atoms with Gasteiger partial charge in [0.25, 0.3) is 5.91 Å². The molecule has 3 aromatic rings. The van der Waals surface area contributed by atoms with Crippen molar-refractivity contribution in [2.24, 2.45) is 0 Å². The number of carbonyl (C=O) groups is 1. The van der Waals surface area contributed by atoms with Gasteiger partial charge in [0.1, 0.15) is 16.5 Å². The van der Waals surface area contributed by atoms with Gasteiger partial charge in [-0.1, -0.05) is 42.0 Å². The fourth-order valence-electron chi connectivity index (χ4n) is 3.33. The molecule has 0 spiro atoms. The molecule has 0 saturated heterocycles. The lowest BCUT2D eigenvalue weighted by Crippen LogP contribution is -2.14. The van der Waals surface area contributed by atoms with E-state index in [1.54, 1.807) is 55.5 Å². The Morgan fingerprint density at radius 1 is 1.11 bits per heavy atom. The van der Waals surface area contributed by atoms with E-state index in [-0.39, 0.29) is 35.0 Å². The van der Waals surface area contributed by atoms with E-state index < -0.39 is 16.0 Å². The van der Waals surface area contributed by atoms with Gasteiger partial charge in [-0.2, -0.15) is 13.7 Å². The summed E-state index contributed by atoms with van der Waals surface area (Å²) in [6.45, 7) is 7.59. The minimum absolute atomic E-state index is 0.00780. The summed E-state index contributed by atoms with van der Waals surface area (Å²) in [6, 6.07) is 20.2. The van der Waals surface area contributed by atoms with E-state index in [1.165, 1.54) is 24.3 Å². The van der Waals surface area contributed by atoms with Crippen molar-refractivity contribution < 1.29 is 22.1 Å². The van der Waals surface area contributed by atoms with Crippen molar-refractivity contribution in [2.45, 2.75) is 25.2 Å². The molecule has 184 valence electrons. The summed E-state index contributed by atoms with van der Waals surface area (Å²) >= 11 is 0. The number of nitrogens with one attached hydrogen (secondary N) is 1. The van der Waals surface area contributed by atoms with Crippen molar-refractivity contribution in [3.63, 3.8) is 0 Å². The lowest BCUT2D eigenvalue weighted by Gasteiger charge is -2.16. The van der Waals surface area contributed by atoms with Crippen LogP contribution < -0.4 is 14.2 Å². The Labute approximate surface area is 211 Å². The monoisotopic (exact) mass is 502 g/mol. The number of hydrogen-bond acceptors (Lipinski definition) is 6. The van der Waals surface area contributed by atoms with Gasteiger partial charge in [0.2, 0.25) is 0 Å². The average Bonchev–Trinajstić information content (AvgIpc) is 2.85. The normalized spacial score (nSPS) is 11.3. The highest BCUT2D eigenvalue weighted by atomic mass is 32.2. The van der Waals surface area contributed by atoms with Crippen molar-refractivity contribution in [2.75, 3.05) is 11.9 Å². The van der Waals surface area contributed by atoms with E-state index in [0.717, 1.165) is 5.56 Å². The maximum Gasteiger partial charge on any atom is 0.339 e. The lowest BCUT2D eigenvalue weighted by atomic mass is 10.0. The van der Waals surface area contributed by atoms with Gasteiger partial charge in [0, 0.05) is 11.3 Å². The number of benzene rings is 3. The Balaban J connectivity index is 2.03. The van der Waals surface area contributed by atoms with E-state index >= 15 is 0 Å². The number of ether oxygens (including phenoxy) is 1. The van der Waals surface area contributed by atoms with Crippen LogP contribution in [0.25, 0.3) is 6.08 Å². The van der Waals surface area contributed by atoms with Crippen LogP contribution in [0.5, 0.6) is 11.5 Å². The minimum atomic E-state index is -4.15. The van der Waals surface area contributed by atoms with Crippen LogP contribution in [0.3, 0.4) is 0 Å². The molecule has 0 aromatic heterocycles. The predicted octanol–water partition coefficient (Wildman–Crippen LogP) is 5.44. The molecule has 0 heterocycles. The topological polar surface area (TPSA) is 105 Å². The van der Waals surface area contributed by atoms with E-state index in [4.69, 9.17) is 8.92 Å². The van der Waals surface area contributed by atoms with Gasteiger partial charge in [-0.05, 0) is 68.3 Å². The fourth-order valence-corrected chi connectivity index (χ4v) is 4.30. The summed E-state index contributed by atoms with van der Waals surface area (Å²) in [5, 5.41) is 12.3. The van der Waals surface area contributed by atoms with E-state index in [9.17, 15) is 18.5 Å². The van der Waals surface area contributed by atoms with E-state index in [1.807, 2.05) is 19.1 Å². The smallest absolute Gasteiger partial charge is 0.339 e. The number of anilines is 1. The number of para-hydroxylation sites is 1. The Hall–Kier alpha value is -4.35. The molecule has 3 aromatic carbocycles. The number of carbonyl (C=O) groups excluding carboxylic acids is 1. The van der Waals surface area contributed by atoms with E-state index in [2.05, 4.69) is 11.9 Å². The summed E-state index contributed by atoms with van der Waals surface area (Å²) in [5.41, 5.74) is 2.27. The molecule has 0 saturated carbocycles. The third kappa shape index (κ3) is 6.62. The van der Waals surface area contributed by atoms with Crippen LogP contribution in [0.2, 0.25) is 0 Å². The summed E-state index contributed by atoms with van der Waals surface area (Å²) in [7, 11) is -4.15. The highest BCUT2D eigenvalue weighted by molar-refractivity contribution is 7.87. The van der Waals surface area contributed by atoms with Gasteiger partial charge in [0.15, 0.2) is 11.5 Å². The molecule has 1 N–H and O–H groups in total. The molecular formula is C28H26N2O5S. The molecular weight excluding hydrogens is 476 g/mol. The third-order valence-electron chi connectivity index (χ3n) is 5.03. The lowest BCUT2D eigenvalue weighted by molar-refractivity contribution is -0.112. The van der Waals surface area contributed by atoms with Crippen LogP contribution in [0, 0.1) is 18.3 Å². The standard InChI is InChI=1S/C28H26N2O5S/c1-4-9-22-16-21(17-23(19-29)28(31)30-24-10-7-6-8-11-24)18-26(34-5-2)27(22)35-36(32,33)25-14-12-20(3)13-15-25/h4,6-8,10-18H,1,5,9H2,2-3H3,(H,30,31)/b23-17+. The zero-order valence-corrected chi connectivity index (χ0v) is 20.8. The highest BCUT2D eigenvalue weighted by Gasteiger charge is 2.23. The van der Waals surface area contributed by atoms with Crippen LogP contribution in [0.1, 0.15) is 23.6 Å².